The van der Waals surface area contributed by atoms with Crippen molar-refractivity contribution in [3.63, 3.8) is 0 Å². The molecule has 2 unspecified atom stereocenters. The van der Waals surface area contributed by atoms with E-state index in [0.717, 1.165) is 24.2 Å². The number of benzene rings is 1. The molecule has 1 aliphatic rings. The molecule has 0 amide bonds. The summed E-state index contributed by atoms with van der Waals surface area (Å²) in [6.45, 7) is 5.50. The van der Waals surface area contributed by atoms with E-state index in [1.54, 1.807) is 7.11 Å². The standard InChI is InChI=1S/C17H26O3/c1-13-10-14(2)12-17(18,11-13)15-6-4-5-7-16(15)20-9-8-19-3/h4-7,13-14,18H,8-12H2,1-3H3. The summed E-state index contributed by atoms with van der Waals surface area (Å²) in [5.41, 5.74) is 0.162. The molecule has 1 N–H and O–H groups in total. The van der Waals surface area contributed by atoms with Crippen LogP contribution < -0.4 is 4.74 Å². The van der Waals surface area contributed by atoms with Crippen molar-refractivity contribution in [2.24, 2.45) is 11.8 Å². The van der Waals surface area contributed by atoms with Gasteiger partial charge < -0.3 is 14.6 Å². The summed E-state index contributed by atoms with van der Waals surface area (Å²) >= 11 is 0. The lowest BCUT2D eigenvalue weighted by atomic mass is 9.70. The highest BCUT2D eigenvalue weighted by Gasteiger charge is 2.39. The van der Waals surface area contributed by atoms with E-state index < -0.39 is 5.60 Å². The zero-order valence-corrected chi connectivity index (χ0v) is 12.8. The number of hydrogen-bond acceptors (Lipinski definition) is 3. The predicted molar refractivity (Wildman–Crippen MR) is 79.9 cm³/mol. The summed E-state index contributed by atoms with van der Waals surface area (Å²) in [5.74, 6) is 1.86. The minimum absolute atomic E-state index is 0.509. The Morgan fingerprint density at radius 2 is 1.80 bits per heavy atom. The molecule has 1 aromatic carbocycles. The van der Waals surface area contributed by atoms with Crippen LogP contribution in [0.2, 0.25) is 0 Å². The molecule has 0 radical (unpaired) electrons. The van der Waals surface area contributed by atoms with Crippen LogP contribution in [0.15, 0.2) is 24.3 Å². The highest BCUT2D eigenvalue weighted by atomic mass is 16.5. The van der Waals surface area contributed by atoms with E-state index in [1.807, 2.05) is 24.3 Å². The third-order valence-electron chi connectivity index (χ3n) is 4.11. The highest BCUT2D eigenvalue weighted by molar-refractivity contribution is 5.38. The van der Waals surface area contributed by atoms with Gasteiger partial charge in [0.15, 0.2) is 0 Å². The summed E-state index contributed by atoms with van der Waals surface area (Å²) in [4.78, 5) is 0. The fraction of sp³-hybridized carbons (Fsp3) is 0.647. The molecular formula is C17H26O3. The second kappa shape index (κ2) is 6.59. The molecule has 3 heteroatoms. The first-order valence-corrected chi connectivity index (χ1v) is 7.49. The van der Waals surface area contributed by atoms with Gasteiger partial charge in [-0.2, -0.15) is 0 Å². The Balaban J connectivity index is 2.21. The lowest BCUT2D eigenvalue weighted by Crippen LogP contribution is -2.35. The normalized spacial score (nSPS) is 30.2. The van der Waals surface area contributed by atoms with Gasteiger partial charge in [0.25, 0.3) is 0 Å². The average molecular weight is 278 g/mol. The van der Waals surface area contributed by atoms with Gasteiger partial charge in [0.1, 0.15) is 12.4 Å². The van der Waals surface area contributed by atoms with Gasteiger partial charge in [0.2, 0.25) is 0 Å². The van der Waals surface area contributed by atoms with E-state index in [9.17, 15) is 5.11 Å². The Kier molecular flexibility index (Phi) is 5.06. The summed E-state index contributed by atoms with van der Waals surface area (Å²) in [7, 11) is 1.66. The zero-order valence-electron chi connectivity index (χ0n) is 12.8. The Labute approximate surface area is 121 Å². The molecule has 112 valence electrons. The molecule has 0 spiro atoms. The monoisotopic (exact) mass is 278 g/mol. The molecule has 0 aliphatic heterocycles. The Morgan fingerprint density at radius 3 is 2.45 bits per heavy atom. The minimum Gasteiger partial charge on any atom is -0.491 e. The number of rotatable bonds is 5. The number of aliphatic hydroxyl groups is 1. The number of para-hydroxylation sites is 1. The zero-order chi connectivity index (χ0) is 14.6. The molecule has 3 nitrogen and oxygen atoms in total. The molecule has 0 heterocycles. The van der Waals surface area contributed by atoms with Crippen LogP contribution in [0.25, 0.3) is 0 Å². The molecule has 1 saturated carbocycles. The molecule has 1 aromatic rings. The third-order valence-corrected chi connectivity index (χ3v) is 4.11. The molecular weight excluding hydrogens is 252 g/mol. The molecule has 1 fully saturated rings. The van der Waals surface area contributed by atoms with E-state index in [0.29, 0.717) is 25.0 Å². The van der Waals surface area contributed by atoms with Crippen LogP contribution in [-0.4, -0.2) is 25.4 Å². The second-order valence-corrected chi connectivity index (χ2v) is 6.22. The fourth-order valence-corrected chi connectivity index (χ4v) is 3.52. The Hall–Kier alpha value is -1.06. The second-order valence-electron chi connectivity index (χ2n) is 6.22. The minimum atomic E-state index is -0.763. The van der Waals surface area contributed by atoms with E-state index in [2.05, 4.69) is 13.8 Å². The van der Waals surface area contributed by atoms with Gasteiger partial charge in [-0.1, -0.05) is 32.0 Å². The highest BCUT2D eigenvalue weighted by Crippen LogP contribution is 2.45. The van der Waals surface area contributed by atoms with Crippen LogP contribution >= 0.6 is 0 Å². The largest absolute Gasteiger partial charge is 0.491 e. The number of hydrogen-bond donors (Lipinski definition) is 1. The van der Waals surface area contributed by atoms with Crippen molar-refractivity contribution in [1.82, 2.24) is 0 Å². The van der Waals surface area contributed by atoms with E-state index >= 15 is 0 Å². The van der Waals surface area contributed by atoms with Crippen molar-refractivity contribution in [2.45, 2.75) is 38.7 Å². The SMILES string of the molecule is COCCOc1ccccc1C1(O)CC(C)CC(C)C1. The third kappa shape index (κ3) is 3.53. The van der Waals surface area contributed by atoms with Gasteiger partial charge in [0, 0.05) is 12.7 Å². The van der Waals surface area contributed by atoms with Crippen LogP contribution in [-0.2, 0) is 10.3 Å². The maximum absolute atomic E-state index is 11.1. The molecule has 1 aliphatic carbocycles. The summed E-state index contributed by atoms with van der Waals surface area (Å²) in [6.07, 6.45) is 2.80. The van der Waals surface area contributed by atoms with Crippen molar-refractivity contribution >= 4 is 0 Å². The maximum atomic E-state index is 11.1. The fourth-order valence-electron chi connectivity index (χ4n) is 3.52. The van der Waals surface area contributed by atoms with Crippen molar-refractivity contribution in [3.05, 3.63) is 29.8 Å². The predicted octanol–water partition coefficient (Wildman–Crippen LogP) is 3.36. The van der Waals surface area contributed by atoms with Gasteiger partial charge >= 0.3 is 0 Å². The molecule has 0 saturated heterocycles. The van der Waals surface area contributed by atoms with Gasteiger partial charge in [-0.05, 0) is 37.2 Å². The number of ether oxygens (including phenoxy) is 2. The van der Waals surface area contributed by atoms with Gasteiger partial charge in [-0.25, -0.2) is 0 Å². The Morgan fingerprint density at radius 1 is 1.15 bits per heavy atom. The Bertz CT molecular complexity index is 420. The van der Waals surface area contributed by atoms with Crippen molar-refractivity contribution in [3.8, 4) is 5.75 Å². The first-order chi connectivity index (χ1) is 9.55. The lowest BCUT2D eigenvalue weighted by Gasteiger charge is -2.40. The van der Waals surface area contributed by atoms with Gasteiger partial charge in [-0.3, -0.25) is 0 Å². The van der Waals surface area contributed by atoms with Crippen LogP contribution in [0.5, 0.6) is 5.75 Å². The number of methoxy groups -OCH3 is 1. The van der Waals surface area contributed by atoms with Crippen LogP contribution in [0.1, 0.15) is 38.7 Å². The first-order valence-electron chi connectivity index (χ1n) is 7.49. The summed E-state index contributed by atoms with van der Waals surface area (Å²) in [6, 6.07) is 7.85. The smallest absolute Gasteiger partial charge is 0.125 e. The van der Waals surface area contributed by atoms with Crippen molar-refractivity contribution < 1.29 is 14.6 Å². The van der Waals surface area contributed by atoms with E-state index in [-0.39, 0.29) is 0 Å². The first kappa shape index (κ1) is 15.3. The molecule has 2 atom stereocenters. The van der Waals surface area contributed by atoms with Crippen molar-refractivity contribution in [2.75, 3.05) is 20.3 Å². The summed E-state index contributed by atoms with van der Waals surface area (Å²) < 4.78 is 10.8. The van der Waals surface area contributed by atoms with Gasteiger partial charge in [-0.15, -0.1) is 0 Å². The van der Waals surface area contributed by atoms with Crippen LogP contribution in [0, 0.1) is 11.8 Å². The topological polar surface area (TPSA) is 38.7 Å². The lowest BCUT2D eigenvalue weighted by molar-refractivity contribution is -0.0383. The van der Waals surface area contributed by atoms with Crippen molar-refractivity contribution in [1.29, 1.82) is 0 Å². The molecule has 2 rings (SSSR count). The molecule has 0 aromatic heterocycles. The van der Waals surface area contributed by atoms with E-state index in [4.69, 9.17) is 9.47 Å². The molecule has 0 bridgehead atoms. The molecule has 20 heavy (non-hydrogen) atoms. The maximum Gasteiger partial charge on any atom is 0.125 e. The average Bonchev–Trinajstić information content (AvgIpc) is 2.38. The van der Waals surface area contributed by atoms with E-state index in [1.165, 1.54) is 6.42 Å². The van der Waals surface area contributed by atoms with Crippen LogP contribution in [0.4, 0.5) is 0 Å². The summed E-state index contributed by atoms with van der Waals surface area (Å²) in [5, 5.41) is 11.1. The quantitative estimate of drug-likeness (QED) is 0.839. The van der Waals surface area contributed by atoms with Gasteiger partial charge in [0.05, 0.1) is 12.2 Å². The van der Waals surface area contributed by atoms with Crippen LogP contribution in [0.3, 0.4) is 0 Å².